The molecule has 3 nitrogen and oxygen atoms in total. The van der Waals surface area contributed by atoms with Gasteiger partial charge >= 0.3 is 0 Å². The van der Waals surface area contributed by atoms with Gasteiger partial charge in [-0.3, -0.25) is 4.90 Å². The summed E-state index contributed by atoms with van der Waals surface area (Å²) in [5, 5.41) is 8.80. The lowest BCUT2D eigenvalue weighted by atomic mass is 9.87. The zero-order chi connectivity index (χ0) is 16.0. The third-order valence-electron chi connectivity index (χ3n) is 3.93. The molecular formula is C18H27NO2. The number of nitrogens with zero attached hydrogens (tertiary/aromatic N) is 1. The molecule has 1 N–H and O–H groups in total. The lowest BCUT2D eigenvalue weighted by molar-refractivity contribution is 0.133. The van der Waals surface area contributed by atoms with Gasteiger partial charge in [-0.2, -0.15) is 0 Å². The van der Waals surface area contributed by atoms with Crippen LogP contribution in [-0.2, 0) is 6.54 Å². The summed E-state index contributed by atoms with van der Waals surface area (Å²) in [4.78, 5) is 2.32. The molecule has 1 atom stereocenters. The van der Waals surface area contributed by atoms with Crippen molar-refractivity contribution in [2.75, 3.05) is 20.8 Å². The van der Waals surface area contributed by atoms with Crippen molar-refractivity contribution in [2.24, 2.45) is 5.41 Å². The molecule has 1 aromatic rings. The SMILES string of the molecule is COc1ccc(C#CCO)cc1CN(C)C(C)C(C)(C)C. The van der Waals surface area contributed by atoms with E-state index in [1.54, 1.807) is 7.11 Å². The molecule has 1 rings (SSSR count). The highest BCUT2D eigenvalue weighted by molar-refractivity contribution is 5.44. The quantitative estimate of drug-likeness (QED) is 0.865. The minimum Gasteiger partial charge on any atom is -0.496 e. The van der Waals surface area contributed by atoms with Crippen LogP contribution in [0.1, 0.15) is 38.8 Å². The first kappa shape index (κ1) is 17.6. The van der Waals surface area contributed by atoms with Crippen molar-refractivity contribution in [1.29, 1.82) is 0 Å². The average molecular weight is 289 g/mol. The first-order valence-electron chi connectivity index (χ1n) is 7.26. The molecule has 1 unspecified atom stereocenters. The predicted octanol–water partition coefficient (Wildman–Crippen LogP) is 2.91. The largest absolute Gasteiger partial charge is 0.496 e. The molecule has 21 heavy (non-hydrogen) atoms. The topological polar surface area (TPSA) is 32.7 Å². The minimum absolute atomic E-state index is 0.123. The van der Waals surface area contributed by atoms with Crippen LogP contribution in [0.5, 0.6) is 5.75 Å². The van der Waals surface area contributed by atoms with Gasteiger partial charge in [0.15, 0.2) is 0 Å². The maximum Gasteiger partial charge on any atom is 0.123 e. The molecule has 0 aromatic heterocycles. The fourth-order valence-electron chi connectivity index (χ4n) is 2.19. The van der Waals surface area contributed by atoms with Crippen molar-refractivity contribution in [3.8, 4) is 17.6 Å². The van der Waals surface area contributed by atoms with E-state index in [9.17, 15) is 0 Å². The van der Waals surface area contributed by atoms with Crippen molar-refractivity contribution in [1.82, 2.24) is 4.90 Å². The van der Waals surface area contributed by atoms with Gasteiger partial charge in [-0.25, -0.2) is 0 Å². The maximum atomic E-state index is 8.80. The Hall–Kier alpha value is -1.50. The number of hydrogen-bond donors (Lipinski definition) is 1. The van der Waals surface area contributed by atoms with Gasteiger partial charge in [0.2, 0.25) is 0 Å². The fourth-order valence-corrected chi connectivity index (χ4v) is 2.19. The minimum atomic E-state index is -0.123. The molecule has 116 valence electrons. The summed E-state index contributed by atoms with van der Waals surface area (Å²) in [7, 11) is 3.81. The highest BCUT2D eigenvalue weighted by atomic mass is 16.5. The second-order valence-electron chi connectivity index (χ2n) is 6.44. The van der Waals surface area contributed by atoms with Gasteiger partial charge in [-0.1, -0.05) is 32.6 Å². The number of hydrogen-bond acceptors (Lipinski definition) is 3. The van der Waals surface area contributed by atoms with E-state index >= 15 is 0 Å². The maximum absolute atomic E-state index is 8.80. The van der Waals surface area contributed by atoms with Crippen LogP contribution >= 0.6 is 0 Å². The van der Waals surface area contributed by atoms with Crippen LogP contribution in [-0.4, -0.2) is 36.8 Å². The molecule has 0 aliphatic heterocycles. The molecule has 0 aliphatic carbocycles. The molecule has 0 amide bonds. The van der Waals surface area contributed by atoms with E-state index in [1.165, 1.54) is 0 Å². The molecule has 0 radical (unpaired) electrons. The number of rotatable bonds is 4. The first-order valence-corrected chi connectivity index (χ1v) is 7.26. The molecule has 0 fully saturated rings. The fraction of sp³-hybridized carbons (Fsp3) is 0.556. The van der Waals surface area contributed by atoms with E-state index < -0.39 is 0 Å². The number of benzene rings is 1. The third-order valence-corrected chi connectivity index (χ3v) is 3.93. The van der Waals surface area contributed by atoms with Crippen molar-refractivity contribution < 1.29 is 9.84 Å². The van der Waals surface area contributed by atoms with Crippen LogP contribution in [0.3, 0.4) is 0 Å². The molecule has 1 aromatic carbocycles. The van der Waals surface area contributed by atoms with E-state index in [0.717, 1.165) is 23.4 Å². The van der Waals surface area contributed by atoms with Gasteiger partial charge in [0.1, 0.15) is 12.4 Å². The van der Waals surface area contributed by atoms with Crippen molar-refractivity contribution in [3.05, 3.63) is 29.3 Å². The number of aliphatic hydroxyl groups is 1. The summed E-state index contributed by atoms with van der Waals surface area (Å²) in [5.41, 5.74) is 2.23. The van der Waals surface area contributed by atoms with Crippen LogP contribution in [0.2, 0.25) is 0 Å². The zero-order valence-electron chi connectivity index (χ0n) is 14.0. The van der Waals surface area contributed by atoms with Gasteiger partial charge < -0.3 is 9.84 Å². The van der Waals surface area contributed by atoms with Crippen molar-refractivity contribution >= 4 is 0 Å². The molecule has 0 saturated carbocycles. The van der Waals surface area contributed by atoms with Crippen molar-refractivity contribution in [3.63, 3.8) is 0 Å². The predicted molar refractivity (Wildman–Crippen MR) is 87.3 cm³/mol. The second kappa shape index (κ2) is 7.49. The van der Waals surface area contributed by atoms with Crippen molar-refractivity contribution in [2.45, 2.75) is 40.3 Å². The average Bonchev–Trinajstić information content (AvgIpc) is 2.43. The summed E-state index contributed by atoms with van der Waals surface area (Å²) < 4.78 is 5.45. The lowest BCUT2D eigenvalue weighted by Crippen LogP contribution is -2.38. The van der Waals surface area contributed by atoms with Crippen LogP contribution < -0.4 is 4.74 Å². The Balaban J connectivity index is 2.99. The molecule has 3 heteroatoms. The van der Waals surface area contributed by atoms with E-state index in [2.05, 4.69) is 51.5 Å². The normalized spacial score (nSPS) is 12.8. The Labute approximate surface area is 128 Å². The van der Waals surface area contributed by atoms with Crippen LogP contribution in [0.15, 0.2) is 18.2 Å². The first-order chi connectivity index (χ1) is 9.79. The summed E-state index contributed by atoms with van der Waals surface area (Å²) in [6, 6.07) is 6.33. The molecule has 0 aliphatic rings. The molecule has 0 spiro atoms. The molecule has 0 heterocycles. The Kier molecular flexibility index (Phi) is 6.26. The Morgan fingerprint density at radius 3 is 2.52 bits per heavy atom. The Morgan fingerprint density at radius 1 is 1.33 bits per heavy atom. The highest BCUT2D eigenvalue weighted by Crippen LogP contribution is 2.27. The number of aliphatic hydroxyl groups excluding tert-OH is 1. The second-order valence-corrected chi connectivity index (χ2v) is 6.44. The summed E-state index contributed by atoms with van der Waals surface area (Å²) in [5.74, 6) is 6.50. The number of ether oxygens (including phenoxy) is 1. The van der Waals surface area contributed by atoms with Gasteiger partial charge in [0.25, 0.3) is 0 Å². The van der Waals surface area contributed by atoms with Gasteiger partial charge in [0.05, 0.1) is 7.11 Å². The highest BCUT2D eigenvalue weighted by Gasteiger charge is 2.24. The molecule has 0 saturated heterocycles. The van der Waals surface area contributed by atoms with Crippen LogP contribution in [0.25, 0.3) is 0 Å². The van der Waals surface area contributed by atoms with E-state index in [4.69, 9.17) is 9.84 Å². The number of methoxy groups -OCH3 is 1. The van der Waals surface area contributed by atoms with E-state index in [-0.39, 0.29) is 12.0 Å². The summed E-state index contributed by atoms with van der Waals surface area (Å²) in [6.45, 7) is 9.65. The third kappa shape index (κ3) is 5.08. The molecular weight excluding hydrogens is 262 g/mol. The van der Waals surface area contributed by atoms with Crippen LogP contribution in [0, 0.1) is 17.3 Å². The van der Waals surface area contributed by atoms with E-state index in [1.807, 2.05) is 18.2 Å². The Morgan fingerprint density at radius 2 is 2.00 bits per heavy atom. The lowest BCUT2D eigenvalue weighted by Gasteiger charge is -2.35. The van der Waals surface area contributed by atoms with Gasteiger partial charge in [-0.05, 0) is 37.6 Å². The van der Waals surface area contributed by atoms with Gasteiger partial charge in [0, 0.05) is 23.7 Å². The summed E-state index contributed by atoms with van der Waals surface area (Å²) in [6.07, 6.45) is 0. The van der Waals surface area contributed by atoms with Gasteiger partial charge in [-0.15, -0.1) is 0 Å². The monoisotopic (exact) mass is 289 g/mol. The standard InChI is InChI=1S/C18H27NO2/c1-14(18(2,3)4)19(5)13-16-12-15(8-7-11-20)9-10-17(16)21-6/h9-10,12,14,20H,11,13H2,1-6H3. The zero-order valence-corrected chi connectivity index (χ0v) is 14.0. The van der Waals surface area contributed by atoms with E-state index in [0.29, 0.717) is 6.04 Å². The van der Waals surface area contributed by atoms with Crippen LogP contribution in [0.4, 0.5) is 0 Å². The smallest absolute Gasteiger partial charge is 0.123 e. The summed E-state index contributed by atoms with van der Waals surface area (Å²) >= 11 is 0. The Bertz CT molecular complexity index is 520. The molecule has 0 bridgehead atoms.